The van der Waals surface area contributed by atoms with Crippen molar-refractivity contribution in [1.29, 1.82) is 0 Å². The molecule has 0 amide bonds. The van der Waals surface area contributed by atoms with Gasteiger partial charge in [0.1, 0.15) is 5.01 Å². The van der Waals surface area contributed by atoms with E-state index in [0.29, 0.717) is 0 Å². The fraction of sp³-hybridized carbons (Fsp3) is 0.368. The number of sulfonamides is 1. The normalized spacial score (nSPS) is 14.3. The molecular formula is C19H22N4O2S2. The van der Waals surface area contributed by atoms with Crippen molar-refractivity contribution in [3.8, 4) is 11.3 Å². The Kier molecular flexibility index (Phi) is 4.88. The first-order valence-corrected chi connectivity index (χ1v) is 11.3. The third kappa shape index (κ3) is 3.69. The number of thiazole rings is 1. The SMILES string of the molecule is Cc1cc(S(=O)(=O)NCc2nc3c(s2)CCCC3)ccc1-c1ccnn1C. The maximum atomic E-state index is 12.7. The molecule has 0 radical (unpaired) electrons. The highest BCUT2D eigenvalue weighted by atomic mass is 32.2. The minimum atomic E-state index is -3.58. The molecular weight excluding hydrogens is 380 g/mol. The molecule has 0 aliphatic heterocycles. The Morgan fingerprint density at radius 3 is 2.74 bits per heavy atom. The van der Waals surface area contributed by atoms with Crippen LogP contribution in [0.3, 0.4) is 0 Å². The zero-order chi connectivity index (χ0) is 19.0. The highest BCUT2D eigenvalue weighted by Crippen LogP contribution is 2.28. The van der Waals surface area contributed by atoms with Crippen LogP contribution in [-0.4, -0.2) is 23.2 Å². The van der Waals surface area contributed by atoms with Gasteiger partial charge in [-0.2, -0.15) is 5.10 Å². The second-order valence-electron chi connectivity index (χ2n) is 6.83. The van der Waals surface area contributed by atoms with Gasteiger partial charge in [0.15, 0.2) is 0 Å². The number of fused-ring (bicyclic) bond motifs is 1. The third-order valence-corrected chi connectivity index (χ3v) is 7.46. The molecule has 0 bridgehead atoms. The first-order chi connectivity index (χ1) is 12.9. The molecule has 0 fully saturated rings. The summed E-state index contributed by atoms with van der Waals surface area (Å²) in [6.45, 7) is 2.15. The fourth-order valence-electron chi connectivity index (χ4n) is 3.45. The van der Waals surface area contributed by atoms with Gasteiger partial charge in [-0.1, -0.05) is 6.07 Å². The van der Waals surface area contributed by atoms with E-state index in [-0.39, 0.29) is 11.4 Å². The summed E-state index contributed by atoms with van der Waals surface area (Å²) in [6.07, 6.45) is 6.17. The van der Waals surface area contributed by atoms with Crippen LogP contribution in [0.2, 0.25) is 0 Å². The van der Waals surface area contributed by atoms with Crippen LogP contribution >= 0.6 is 11.3 Å². The molecule has 2 heterocycles. The van der Waals surface area contributed by atoms with Gasteiger partial charge in [0.25, 0.3) is 0 Å². The lowest BCUT2D eigenvalue weighted by molar-refractivity contribution is 0.581. The van der Waals surface area contributed by atoms with Crippen molar-refractivity contribution in [2.45, 2.75) is 44.0 Å². The molecule has 8 heteroatoms. The topological polar surface area (TPSA) is 76.9 Å². The van der Waals surface area contributed by atoms with Gasteiger partial charge in [-0.3, -0.25) is 4.68 Å². The van der Waals surface area contributed by atoms with Crippen molar-refractivity contribution in [3.05, 3.63) is 51.6 Å². The number of hydrogen-bond donors (Lipinski definition) is 1. The molecule has 0 spiro atoms. The van der Waals surface area contributed by atoms with E-state index in [1.807, 2.05) is 26.1 Å². The molecule has 2 aromatic heterocycles. The highest BCUT2D eigenvalue weighted by molar-refractivity contribution is 7.89. The van der Waals surface area contributed by atoms with Gasteiger partial charge in [0, 0.05) is 23.7 Å². The summed E-state index contributed by atoms with van der Waals surface area (Å²) in [4.78, 5) is 6.19. The fourth-order valence-corrected chi connectivity index (χ4v) is 5.71. The van der Waals surface area contributed by atoms with Crippen LogP contribution in [0, 0.1) is 6.92 Å². The first-order valence-electron chi connectivity index (χ1n) is 9.00. The minimum absolute atomic E-state index is 0.239. The number of nitrogens with one attached hydrogen (secondary N) is 1. The lowest BCUT2D eigenvalue weighted by Crippen LogP contribution is -2.23. The molecule has 0 saturated heterocycles. The van der Waals surface area contributed by atoms with Crippen LogP contribution < -0.4 is 4.72 Å². The van der Waals surface area contributed by atoms with E-state index < -0.39 is 10.0 Å². The summed E-state index contributed by atoms with van der Waals surface area (Å²) in [5, 5.41) is 5.02. The van der Waals surface area contributed by atoms with Crippen LogP contribution in [0.25, 0.3) is 11.3 Å². The van der Waals surface area contributed by atoms with Crippen LogP contribution in [0.5, 0.6) is 0 Å². The van der Waals surface area contributed by atoms with E-state index in [2.05, 4.69) is 14.8 Å². The molecule has 1 aliphatic rings. The van der Waals surface area contributed by atoms with E-state index in [9.17, 15) is 8.42 Å². The van der Waals surface area contributed by atoms with Crippen LogP contribution in [0.15, 0.2) is 35.4 Å². The molecule has 6 nitrogen and oxygen atoms in total. The molecule has 27 heavy (non-hydrogen) atoms. The molecule has 4 rings (SSSR count). The Morgan fingerprint density at radius 1 is 1.22 bits per heavy atom. The van der Waals surface area contributed by atoms with Crippen LogP contribution in [0.4, 0.5) is 0 Å². The average Bonchev–Trinajstić information content (AvgIpc) is 3.25. The summed E-state index contributed by atoms with van der Waals surface area (Å²) < 4.78 is 29.9. The Balaban J connectivity index is 1.52. The Labute approximate surface area is 163 Å². The van der Waals surface area contributed by atoms with Crippen LogP contribution in [-0.2, 0) is 36.5 Å². The monoisotopic (exact) mass is 402 g/mol. The van der Waals surface area contributed by atoms with E-state index >= 15 is 0 Å². The quantitative estimate of drug-likeness (QED) is 0.711. The Bertz CT molecular complexity index is 1060. The summed E-state index contributed by atoms with van der Waals surface area (Å²) >= 11 is 1.63. The predicted octanol–water partition coefficient (Wildman–Crippen LogP) is 3.21. The molecule has 0 saturated carbocycles. The summed E-state index contributed by atoms with van der Waals surface area (Å²) in [6, 6.07) is 7.10. The Hall–Kier alpha value is -2.03. The average molecular weight is 403 g/mol. The maximum absolute atomic E-state index is 12.7. The van der Waals surface area contributed by atoms with E-state index in [0.717, 1.165) is 40.4 Å². The van der Waals surface area contributed by atoms with Crippen molar-refractivity contribution in [3.63, 3.8) is 0 Å². The van der Waals surface area contributed by atoms with Crippen molar-refractivity contribution in [1.82, 2.24) is 19.5 Å². The van der Waals surface area contributed by atoms with E-state index in [1.54, 1.807) is 34.3 Å². The smallest absolute Gasteiger partial charge is 0.240 e. The van der Waals surface area contributed by atoms with Crippen molar-refractivity contribution in [2.75, 3.05) is 0 Å². The zero-order valence-electron chi connectivity index (χ0n) is 15.4. The summed E-state index contributed by atoms with van der Waals surface area (Å²) in [5.74, 6) is 0. The second-order valence-corrected chi connectivity index (χ2v) is 9.76. The molecule has 0 atom stereocenters. The first kappa shape index (κ1) is 18.3. The van der Waals surface area contributed by atoms with Gasteiger partial charge < -0.3 is 0 Å². The zero-order valence-corrected chi connectivity index (χ0v) is 17.0. The number of aryl methyl sites for hydroxylation is 4. The van der Waals surface area contributed by atoms with E-state index in [4.69, 9.17) is 0 Å². The van der Waals surface area contributed by atoms with Crippen molar-refractivity contribution >= 4 is 21.4 Å². The number of nitrogens with zero attached hydrogens (tertiary/aromatic N) is 3. The van der Waals surface area contributed by atoms with Gasteiger partial charge in [-0.05, 0) is 56.4 Å². The Morgan fingerprint density at radius 2 is 2.04 bits per heavy atom. The van der Waals surface area contributed by atoms with Crippen LogP contribution in [0.1, 0.15) is 34.0 Å². The number of benzene rings is 1. The molecule has 142 valence electrons. The molecule has 1 aromatic carbocycles. The molecule has 1 aliphatic carbocycles. The predicted molar refractivity (Wildman–Crippen MR) is 106 cm³/mol. The largest absolute Gasteiger partial charge is 0.268 e. The van der Waals surface area contributed by atoms with Crippen molar-refractivity contribution < 1.29 is 8.42 Å². The van der Waals surface area contributed by atoms with Gasteiger partial charge in [0.2, 0.25) is 10.0 Å². The molecule has 0 unspecified atom stereocenters. The number of rotatable bonds is 5. The third-order valence-electron chi connectivity index (χ3n) is 4.91. The summed E-state index contributed by atoms with van der Waals surface area (Å²) in [5.41, 5.74) is 3.97. The highest BCUT2D eigenvalue weighted by Gasteiger charge is 2.19. The standard InChI is InChI=1S/C19H22N4O2S2/c1-13-11-14(7-8-15(13)17-9-10-20-23(17)2)27(24,25)21-12-19-22-16-5-3-4-6-18(16)26-19/h7-11,21H,3-6,12H2,1-2H3. The minimum Gasteiger partial charge on any atom is -0.268 e. The van der Waals surface area contributed by atoms with Gasteiger partial charge in [-0.15, -0.1) is 11.3 Å². The van der Waals surface area contributed by atoms with Crippen molar-refractivity contribution in [2.24, 2.45) is 7.05 Å². The lowest BCUT2D eigenvalue weighted by Gasteiger charge is -2.10. The molecule has 1 N–H and O–H groups in total. The second kappa shape index (κ2) is 7.18. The molecule has 3 aromatic rings. The number of aromatic nitrogens is 3. The lowest BCUT2D eigenvalue weighted by atomic mass is 10.0. The van der Waals surface area contributed by atoms with Gasteiger partial charge in [0.05, 0.1) is 22.8 Å². The van der Waals surface area contributed by atoms with Gasteiger partial charge in [-0.25, -0.2) is 18.1 Å². The van der Waals surface area contributed by atoms with Gasteiger partial charge >= 0.3 is 0 Å². The number of hydrogen-bond acceptors (Lipinski definition) is 5. The summed E-state index contributed by atoms with van der Waals surface area (Å²) in [7, 11) is -1.71. The maximum Gasteiger partial charge on any atom is 0.240 e. The van der Waals surface area contributed by atoms with E-state index in [1.165, 1.54) is 17.7 Å².